The van der Waals surface area contributed by atoms with Crippen LogP contribution in [0.5, 0.6) is 5.75 Å². The number of nitrogens with zero attached hydrogens (tertiary/aromatic N) is 1. The zero-order valence-corrected chi connectivity index (χ0v) is 11.8. The SMILES string of the molecule is CCN(CC(C)(O)C(=O)OC)c1cc(O)ccc1C. The van der Waals surface area contributed by atoms with E-state index in [0.717, 1.165) is 11.3 Å². The second-order valence-corrected chi connectivity index (χ2v) is 4.75. The van der Waals surface area contributed by atoms with E-state index in [0.29, 0.717) is 6.54 Å². The Labute approximate surface area is 113 Å². The molecular weight excluding hydrogens is 246 g/mol. The Morgan fingerprint density at radius 2 is 2.11 bits per heavy atom. The van der Waals surface area contributed by atoms with Gasteiger partial charge in [-0.3, -0.25) is 0 Å². The third-order valence-electron chi connectivity index (χ3n) is 3.04. The lowest BCUT2D eigenvalue weighted by Gasteiger charge is -2.31. The maximum absolute atomic E-state index is 11.5. The number of hydrogen-bond acceptors (Lipinski definition) is 5. The summed E-state index contributed by atoms with van der Waals surface area (Å²) in [4.78, 5) is 13.3. The molecule has 0 radical (unpaired) electrons. The van der Waals surface area contributed by atoms with Crippen molar-refractivity contribution in [3.63, 3.8) is 0 Å². The lowest BCUT2D eigenvalue weighted by Crippen LogP contribution is -2.47. The van der Waals surface area contributed by atoms with E-state index in [1.54, 1.807) is 18.2 Å². The van der Waals surface area contributed by atoms with Crippen molar-refractivity contribution in [2.24, 2.45) is 0 Å². The fraction of sp³-hybridized carbons (Fsp3) is 0.500. The Hall–Kier alpha value is -1.75. The third kappa shape index (κ3) is 3.61. The van der Waals surface area contributed by atoms with Gasteiger partial charge in [-0.15, -0.1) is 0 Å². The molecule has 0 saturated heterocycles. The highest BCUT2D eigenvalue weighted by Gasteiger charge is 2.33. The first-order chi connectivity index (χ1) is 8.81. The van der Waals surface area contributed by atoms with Gasteiger partial charge >= 0.3 is 5.97 Å². The van der Waals surface area contributed by atoms with Crippen LogP contribution in [-0.4, -0.2) is 42.0 Å². The minimum atomic E-state index is -1.59. The molecule has 5 heteroatoms. The van der Waals surface area contributed by atoms with Gasteiger partial charge in [-0.05, 0) is 32.4 Å². The first-order valence-corrected chi connectivity index (χ1v) is 6.17. The summed E-state index contributed by atoms with van der Waals surface area (Å²) in [6.07, 6.45) is 0. The van der Waals surface area contributed by atoms with Gasteiger partial charge in [0.15, 0.2) is 5.60 Å². The number of aryl methyl sites for hydroxylation is 1. The van der Waals surface area contributed by atoms with Gasteiger partial charge < -0.3 is 19.8 Å². The van der Waals surface area contributed by atoms with Crippen molar-refractivity contribution >= 4 is 11.7 Å². The molecule has 0 saturated carbocycles. The van der Waals surface area contributed by atoms with Crippen LogP contribution in [0.1, 0.15) is 19.4 Å². The van der Waals surface area contributed by atoms with Crippen LogP contribution in [0.25, 0.3) is 0 Å². The van der Waals surface area contributed by atoms with Crippen LogP contribution >= 0.6 is 0 Å². The van der Waals surface area contributed by atoms with Crippen molar-refractivity contribution in [2.45, 2.75) is 26.4 Å². The van der Waals surface area contributed by atoms with E-state index in [1.807, 2.05) is 18.7 Å². The van der Waals surface area contributed by atoms with E-state index >= 15 is 0 Å². The smallest absolute Gasteiger partial charge is 0.339 e. The molecule has 19 heavy (non-hydrogen) atoms. The van der Waals surface area contributed by atoms with Crippen LogP contribution in [0.3, 0.4) is 0 Å². The zero-order chi connectivity index (χ0) is 14.6. The monoisotopic (exact) mass is 267 g/mol. The predicted octanol–water partition coefficient (Wildman–Crippen LogP) is 1.45. The number of hydrogen-bond donors (Lipinski definition) is 2. The summed E-state index contributed by atoms with van der Waals surface area (Å²) in [7, 11) is 1.24. The van der Waals surface area contributed by atoms with E-state index in [2.05, 4.69) is 4.74 Å². The molecule has 1 aromatic carbocycles. The number of phenols is 1. The molecule has 0 aliphatic carbocycles. The summed E-state index contributed by atoms with van der Waals surface area (Å²) in [6, 6.07) is 5.01. The maximum Gasteiger partial charge on any atom is 0.339 e. The number of likely N-dealkylation sites (N-methyl/N-ethyl adjacent to an activating group) is 1. The van der Waals surface area contributed by atoms with Crippen LogP contribution in [0, 0.1) is 6.92 Å². The van der Waals surface area contributed by atoms with Crippen molar-refractivity contribution < 1.29 is 19.7 Å². The third-order valence-corrected chi connectivity index (χ3v) is 3.04. The number of esters is 1. The molecule has 0 aliphatic heterocycles. The molecule has 0 bridgehead atoms. The lowest BCUT2D eigenvalue weighted by atomic mass is 10.1. The van der Waals surface area contributed by atoms with Crippen molar-refractivity contribution in [2.75, 3.05) is 25.1 Å². The maximum atomic E-state index is 11.5. The first-order valence-electron chi connectivity index (χ1n) is 6.17. The molecule has 0 aliphatic rings. The lowest BCUT2D eigenvalue weighted by molar-refractivity contribution is -0.159. The Bertz CT molecular complexity index is 457. The summed E-state index contributed by atoms with van der Waals surface area (Å²) < 4.78 is 4.59. The predicted molar refractivity (Wildman–Crippen MR) is 73.4 cm³/mol. The van der Waals surface area contributed by atoms with Gasteiger partial charge in [-0.2, -0.15) is 0 Å². The van der Waals surface area contributed by atoms with Crippen LogP contribution < -0.4 is 4.90 Å². The van der Waals surface area contributed by atoms with Crippen LogP contribution in [-0.2, 0) is 9.53 Å². The van der Waals surface area contributed by atoms with Gasteiger partial charge in [0, 0.05) is 18.3 Å². The summed E-state index contributed by atoms with van der Waals surface area (Å²) in [5.41, 5.74) is 0.148. The molecule has 0 spiro atoms. The largest absolute Gasteiger partial charge is 0.508 e. The molecule has 1 rings (SSSR count). The number of phenolic OH excluding ortho intramolecular Hbond substituents is 1. The van der Waals surface area contributed by atoms with E-state index in [9.17, 15) is 15.0 Å². The molecule has 106 valence electrons. The normalized spacial score (nSPS) is 13.7. The average molecular weight is 267 g/mol. The molecule has 1 aromatic rings. The number of aliphatic hydroxyl groups is 1. The van der Waals surface area contributed by atoms with Gasteiger partial charge in [0.05, 0.1) is 13.7 Å². The van der Waals surface area contributed by atoms with E-state index < -0.39 is 11.6 Å². The van der Waals surface area contributed by atoms with Gasteiger partial charge in [-0.25, -0.2) is 4.79 Å². The molecule has 0 fully saturated rings. The zero-order valence-electron chi connectivity index (χ0n) is 11.8. The number of carbonyl (C=O) groups is 1. The molecule has 0 aromatic heterocycles. The number of anilines is 1. The molecule has 5 nitrogen and oxygen atoms in total. The Morgan fingerprint density at radius 3 is 2.63 bits per heavy atom. The Morgan fingerprint density at radius 1 is 1.47 bits per heavy atom. The molecule has 1 atom stereocenters. The second kappa shape index (κ2) is 5.93. The second-order valence-electron chi connectivity index (χ2n) is 4.75. The molecule has 2 N–H and O–H groups in total. The highest BCUT2D eigenvalue weighted by Crippen LogP contribution is 2.26. The van der Waals surface area contributed by atoms with Gasteiger partial charge in [0.1, 0.15) is 5.75 Å². The van der Waals surface area contributed by atoms with Crippen LogP contribution in [0.4, 0.5) is 5.69 Å². The van der Waals surface area contributed by atoms with Crippen molar-refractivity contribution in [3.8, 4) is 5.75 Å². The van der Waals surface area contributed by atoms with E-state index in [-0.39, 0.29) is 12.3 Å². The van der Waals surface area contributed by atoms with Gasteiger partial charge in [-0.1, -0.05) is 6.07 Å². The summed E-state index contributed by atoms with van der Waals surface area (Å²) in [6.45, 7) is 5.93. The standard InChI is InChI=1S/C14H21NO4/c1-5-15(9-14(3,18)13(17)19-4)12-8-11(16)7-6-10(12)2/h6-8,16,18H,5,9H2,1-4H3. The van der Waals surface area contributed by atoms with Crippen molar-refractivity contribution in [3.05, 3.63) is 23.8 Å². The number of rotatable bonds is 5. The number of carbonyl (C=O) groups excluding carboxylic acids is 1. The summed E-state index contributed by atoms with van der Waals surface area (Å²) in [5, 5.41) is 19.7. The highest BCUT2D eigenvalue weighted by atomic mass is 16.5. The highest BCUT2D eigenvalue weighted by molar-refractivity contribution is 5.79. The quantitative estimate of drug-likeness (QED) is 0.790. The molecule has 1 unspecified atom stereocenters. The summed E-state index contributed by atoms with van der Waals surface area (Å²) in [5.74, 6) is -0.527. The fourth-order valence-electron chi connectivity index (χ4n) is 1.96. The topological polar surface area (TPSA) is 70.0 Å². The summed E-state index contributed by atoms with van der Waals surface area (Å²) >= 11 is 0. The minimum absolute atomic E-state index is 0.0977. The fourth-order valence-corrected chi connectivity index (χ4v) is 1.96. The average Bonchev–Trinajstić information content (AvgIpc) is 2.38. The first kappa shape index (κ1) is 15.3. The number of benzene rings is 1. The number of methoxy groups -OCH3 is 1. The molecule has 0 heterocycles. The van der Waals surface area contributed by atoms with E-state index in [1.165, 1.54) is 14.0 Å². The van der Waals surface area contributed by atoms with Crippen molar-refractivity contribution in [1.29, 1.82) is 0 Å². The number of aromatic hydroxyl groups is 1. The van der Waals surface area contributed by atoms with Gasteiger partial charge in [0.25, 0.3) is 0 Å². The Balaban J connectivity index is 3.01. The van der Waals surface area contributed by atoms with Crippen LogP contribution in [0.15, 0.2) is 18.2 Å². The van der Waals surface area contributed by atoms with Crippen LogP contribution in [0.2, 0.25) is 0 Å². The van der Waals surface area contributed by atoms with Crippen molar-refractivity contribution in [1.82, 2.24) is 0 Å². The van der Waals surface area contributed by atoms with Gasteiger partial charge in [0.2, 0.25) is 0 Å². The van der Waals surface area contributed by atoms with E-state index in [4.69, 9.17) is 0 Å². The Kier molecular flexibility index (Phi) is 4.78. The number of ether oxygens (including phenoxy) is 1. The minimum Gasteiger partial charge on any atom is -0.508 e. The molecular formula is C14H21NO4. The molecule has 0 amide bonds.